The lowest BCUT2D eigenvalue weighted by atomic mass is 10.4. The van der Waals surface area contributed by atoms with Crippen molar-refractivity contribution < 1.29 is 8.42 Å². The molecule has 0 unspecified atom stereocenters. The molecule has 20 heavy (non-hydrogen) atoms. The van der Waals surface area contributed by atoms with E-state index in [1.165, 1.54) is 25.0 Å². The van der Waals surface area contributed by atoms with Crippen LogP contribution < -0.4 is 4.72 Å². The highest BCUT2D eigenvalue weighted by Gasteiger charge is 2.26. The van der Waals surface area contributed by atoms with E-state index in [9.17, 15) is 8.42 Å². The molecule has 1 aliphatic rings. The Morgan fingerprint density at radius 2 is 2.20 bits per heavy atom. The predicted octanol–water partition coefficient (Wildman–Crippen LogP) is 3.15. The number of thiazole rings is 1. The van der Waals surface area contributed by atoms with Gasteiger partial charge in [-0.05, 0) is 31.0 Å². The Kier molecular flexibility index (Phi) is 3.81. The van der Waals surface area contributed by atoms with E-state index in [4.69, 9.17) is 11.6 Å². The van der Waals surface area contributed by atoms with E-state index in [1.54, 1.807) is 23.5 Å². The monoisotopic (exact) mass is 328 g/mol. The quantitative estimate of drug-likeness (QED) is 0.917. The molecule has 0 saturated heterocycles. The zero-order chi connectivity index (χ0) is 14.2. The van der Waals surface area contributed by atoms with Gasteiger partial charge in [-0.25, -0.2) is 18.1 Å². The summed E-state index contributed by atoms with van der Waals surface area (Å²) in [5, 5.41) is 3.42. The van der Waals surface area contributed by atoms with Gasteiger partial charge in [-0.15, -0.1) is 11.3 Å². The van der Waals surface area contributed by atoms with Crippen molar-refractivity contribution in [2.24, 2.45) is 0 Å². The van der Waals surface area contributed by atoms with Crippen molar-refractivity contribution in [3.63, 3.8) is 0 Å². The van der Waals surface area contributed by atoms with Crippen LogP contribution in [-0.2, 0) is 16.6 Å². The van der Waals surface area contributed by atoms with E-state index < -0.39 is 10.0 Å². The van der Waals surface area contributed by atoms with Gasteiger partial charge >= 0.3 is 0 Å². The molecule has 0 bridgehead atoms. The van der Waals surface area contributed by atoms with Crippen LogP contribution in [0.4, 0.5) is 0 Å². The van der Waals surface area contributed by atoms with E-state index in [2.05, 4.69) is 9.71 Å². The van der Waals surface area contributed by atoms with E-state index >= 15 is 0 Å². The molecule has 1 saturated carbocycles. The van der Waals surface area contributed by atoms with Crippen LogP contribution in [0, 0.1) is 0 Å². The zero-order valence-corrected chi connectivity index (χ0v) is 12.9. The van der Waals surface area contributed by atoms with E-state index in [-0.39, 0.29) is 11.4 Å². The molecule has 2 aromatic rings. The third kappa shape index (κ3) is 3.20. The standard InChI is InChI=1S/C13H13ClN2O2S2/c14-10-2-1-3-12(6-10)20(17,18)15-7-11-8-19-13(16-11)9-4-5-9/h1-3,6,8-9,15H,4-5,7H2. The lowest BCUT2D eigenvalue weighted by molar-refractivity contribution is 0.580. The predicted molar refractivity (Wildman–Crippen MR) is 79.6 cm³/mol. The van der Waals surface area contributed by atoms with Gasteiger partial charge in [0.2, 0.25) is 10.0 Å². The molecule has 1 aromatic carbocycles. The normalized spacial score (nSPS) is 15.4. The Bertz CT molecular complexity index is 723. The molecule has 1 fully saturated rings. The van der Waals surface area contributed by atoms with Crippen molar-refractivity contribution in [2.45, 2.75) is 30.2 Å². The van der Waals surface area contributed by atoms with Crippen LogP contribution in [0.5, 0.6) is 0 Å². The summed E-state index contributed by atoms with van der Waals surface area (Å²) in [7, 11) is -3.55. The van der Waals surface area contributed by atoms with Crippen LogP contribution >= 0.6 is 22.9 Å². The van der Waals surface area contributed by atoms with Crippen LogP contribution in [0.25, 0.3) is 0 Å². The Morgan fingerprint density at radius 1 is 1.40 bits per heavy atom. The minimum absolute atomic E-state index is 0.169. The van der Waals surface area contributed by atoms with Gasteiger partial charge in [0, 0.05) is 16.3 Å². The molecule has 0 amide bonds. The van der Waals surface area contributed by atoms with Gasteiger partial charge in [0.25, 0.3) is 0 Å². The van der Waals surface area contributed by atoms with E-state index in [0.29, 0.717) is 10.9 Å². The largest absolute Gasteiger partial charge is 0.245 e. The second-order valence-electron chi connectivity index (χ2n) is 4.73. The zero-order valence-electron chi connectivity index (χ0n) is 10.5. The number of hydrogen-bond acceptors (Lipinski definition) is 4. The van der Waals surface area contributed by atoms with Crippen molar-refractivity contribution >= 4 is 33.0 Å². The molecule has 3 rings (SSSR count). The SMILES string of the molecule is O=S(=O)(NCc1csc(C2CC2)n1)c1cccc(Cl)c1. The average molecular weight is 329 g/mol. The number of benzene rings is 1. The number of aromatic nitrogens is 1. The fraction of sp³-hybridized carbons (Fsp3) is 0.308. The summed E-state index contributed by atoms with van der Waals surface area (Å²) < 4.78 is 26.8. The van der Waals surface area contributed by atoms with Crippen molar-refractivity contribution in [1.82, 2.24) is 9.71 Å². The molecule has 0 aliphatic heterocycles. The van der Waals surface area contributed by atoms with Gasteiger partial charge in [0.15, 0.2) is 0 Å². The number of hydrogen-bond donors (Lipinski definition) is 1. The molecular weight excluding hydrogens is 316 g/mol. The second-order valence-corrected chi connectivity index (χ2v) is 7.83. The van der Waals surface area contributed by atoms with Crippen LogP contribution in [-0.4, -0.2) is 13.4 Å². The molecule has 1 heterocycles. The molecule has 106 valence electrons. The molecule has 0 spiro atoms. The van der Waals surface area contributed by atoms with Gasteiger partial charge in [0.05, 0.1) is 22.1 Å². The van der Waals surface area contributed by atoms with Crippen molar-refractivity contribution in [3.05, 3.63) is 45.4 Å². The number of rotatable bonds is 5. The molecule has 1 aliphatic carbocycles. The maximum atomic E-state index is 12.1. The highest BCUT2D eigenvalue weighted by atomic mass is 35.5. The first-order valence-electron chi connectivity index (χ1n) is 6.24. The van der Waals surface area contributed by atoms with Crippen molar-refractivity contribution in [3.8, 4) is 0 Å². The van der Waals surface area contributed by atoms with Crippen LogP contribution in [0.2, 0.25) is 5.02 Å². The lowest BCUT2D eigenvalue weighted by Gasteiger charge is -2.05. The summed E-state index contributed by atoms with van der Waals surface area (Å²) in [6.07, 6.45) is 2.39. The van der Waals surface area contributed by atoms with Crippen LogP contribution in [0.15, 0.2) is 34.5 Å². The minimum Gasteiger partial charge on any atom is -0.245 e. The van der Waals surface area contributed by atoms with Gasteiger partial charge in [0.1, 0.15) is 0 Å². The lowest BCUT2D eigenvalue weighted by Crippen LogP contribution is -2.23. The first kappa shape index (κ1) is 14.0. The smallest absolute Gasteiger partial charge is 0.240 e. The molecule has 7 heteroatoms. The Hall–Kier alpha value is -0.950. The third-order valence-electron chi connectivity index (χ3n) is 3.05. The summed E-state index contributed by atoms with van der Waals surface area (Å²) in [5.74, 6) is 0.596. The van der Waals surface area contributed by atoms with Gasteiger partial charge in [-0.2, -0.15) is 0 Å². The van der Waals surface area contributed by atoms with Gasteiger partial charge < -0.3 is 0 Å². The van der Waals surface area contributed by atoms with Crippen molar-refractivity contribution in [1.29, 1.82) is 0 Å². The van der Waals surface area contributed by atoms with Crippen LogP contribution in [0.3, 0.4) is 0 Å². The summed E-state index contributed by atoms with van der Waals surface area (Å²) in [4.78, 5) is 4.62. The number of nitrogens with zero attached hydrogens (tertiary/aromatic N) is 1. The first-order valence-corrected chi connectivity index (χ1v) is 8.98. The Balaban J connectivity index is 1.69. The van der Waals surface area contributed by atoms with E-state index in [0.717, 1.165) is 10.7 Å². The summed E-state index contributed by atoms with van der Waals surface area (Å²) in [6.45, 7) is 0.206. The van der Waals surface area contributed by atoms with Crippen molar-refractivity contribution in [2.75, 3.05) is 0 Å². The molecule has 4 nitrogen and oxygen atoms in total. The number of halogens is 1. The maximum Gasteiger partial charge on any atom is 0.240 e. The molecule has 0 atom stereocenters. The fourth-order valence-electron chi connectivity index (χ4n) is 1.81. The first-order chi connectivity index (χ1) is 9.54. The summed E-state index contributed by atoms with van der Waals surface area (Å²) in [5.41, 5.74) is 0.766. The fourth-order valence-corrected chi connectivity index (χ4v) is 4.10. The van der Waals surface area contributed by atoms with Gasteiger partial charge in [-0.3, -0.25) is 0 Å². The average Bonchev–Trinajstić information content (AvgIpc) is 3.16. The van der Waals surface area contributed by atoms with E-state index in [1.807, 2.05) is 5.38 Å². The molecular formula is C13H13ClN2O2S2. The Labute approximate surface area is 126 Å². The molecule has 1 N–H and O–H groups in total. The highest BCUT2D eigenvalue weighted by Crippen LogP contribution is 2.41. The maximum absolute atomic E-state index is 12.1. The molecule has 0 radical (unpaired) electrons. The van der Waals surface area contributed by atoms with Gasteiger partial charge in [-0.1, -0.05) is 17.7 Å². The minimum atomic E-state index is -3.55. The van der Waals surface area contributed by atoms with Crippen LogP contribution in [0.1, 0.15) is 29.5 Å². The second kappa shape index (κ2) is 5.44. The number of sulfonamides is 1. The summed E-state index contributed by atoms with van der Waals surface area (Å²) >= 11 is 7.41. The summed E-state index contributed by atoms with van der Waals surface area (Å²) in [6, 6.07) is 6.21. The Morgan fingerprint density at radius 3 is 2.90 bits per heavy atom. The third-order valence-corrected chi connectivity index (χ3v) is 5.74. The molecule has 1 aromatic heterocycles. The highest BCUT2D eigenvalue weighted by molar-refractivity contribution is 7.89. The topological polar surface area (TPSA) is 59.1 Å². The number of nitrogens with one attached hydrogen (secondary N) is 1.